The van der Waals surface area contributed by atoms with Crippen LogP contribution in [0.5, 0.6) is 0 Å². The van der Waals surface area contributed by atoms with Gasteiger partial charge in [-0.05, 0) is 31.0 Å². The zero-order valence-corrected chi connectivity index (χ0v) is 11.8. The van der Waals surface area contributed by atoms with E-state index in [0.717, 1.165) is 5.69 Å². The van der Waals surface area contributed by atoms with E-state index >= 15 is 0 Å². The summed E-state index contributed by atoms with van der Waals surface area (Å²) >= 11 is 0. The van der Waals surface area contributed by atoms with Crippen molar-refractivity contribution in [3.63, 3.8) is 0 Å². The average Bonchev–Trinajstić information content (AvgIpc) is 2.44. The molecule has 5 heteroatoms. The lowest BCUT2D eigenvalue weighted by atomic mass is 9.97. The molecule has 0 bridgehead atoms. The molecule has 0 fully saturated rings. The Kier molecular flexibility index (Phi) is 5.18. The minimum absolute atomic E-state index is 0.170. The lowest BCUT2D eigenvalue weighted by Gasteiger charge is -2.26. The predicted molar refractivity (Wildman–Crippen MR) is 78.3 cm³/mol. The van der Waals surface area contributed by atoms with Crippen LogP contribution in [0.4, 0.5) is 11.4 Å². The van der Waals surface area contributed by atoms with Crippen molar-refractivity contribution in [2.24, 2.45) is 0 Å². The summed E-state index contributed by atoms with van der Waals surface area (Å²) in [5.41, 5.74) is 6.92. The summed E-state index contributed by atoms with van der Waals surface area (Å²) in [6.07, 6.45) is 1.35. The summed E-state index contributed by atoms with van der Waals surface area (Å²) in [6, 6.07) is 5.08. The summed E-state index contributed by atoms with van der Waals surface area (Å²) in [5, 5.41) is 15.9. The van der Waals surface area contributed by atoms with Gasteiger partial charge in [-0.15, -0.1) is 0 Å². The van der Waals surface area contributed by atoms with Crippen molar-refractivity contribution in [2.75, 3.05) is 24.6 Å². The first-order valence-corrected chi connectivity index (χ1v) is 6.53. The Bertz CT molecular complexity index is 442. The molecule has 0 aliphatic rings. The summed E-state index contributed by atoms with van der Waals surface area (Å²) in [4.78, 5) is 11.5. The molecule has 1 aromatic rings. The molecule has 0 aliphatic heterocycles. The van der Waals surface area contributed by atoms with E-state index in [0.29, 0.717) is 30.6 Å². The van der Waals surface area contributed by atoms with E-state index in [-0.39, 0.29) is 5.91 Å². The predicted octanol–water partition coefficient (Wildman–Crippen LogP) is 1.59. The molecular formula is C14H23N3O2. The fourth-order valence-electron chi connectivity index (χ4n) is 1.77. The minimum Gasteiger partial charge on any atom is -0.397 e. The van der Waals surface area contributed by atoms with Crippen LogP contribution in [-0.4, -0.2) is 30.2 Å². The maximum Gasteiger partial charge on any atom is 0.251 e. The van der Waals surface area contributed by atoms with Crippen molar-refractivity contribution >= 4 is 17.3 Å². The van der Waals surface area contributed by atoms with Crippen molar-refractivity contribution in [2.45, 2.75) is 32.3 Å². The third-order valence-corrected chi connectivity index (χ3v) is 3.46. The maximum absolute atomic E-state index is 11.5. The van der Waals surface area contributed by atoms with E-state index in [1.54, 1.807) is 25.2 Å². The van der Waals surface area contributed by atoms with Crippen molar-refractivity contribution in [3.8, 4) is 0 Å². The van der Waals surface area contributed by atoms with Crippen LogP contribution >= 0.6 is 0 Å². The zero-order chi connectivity index (χ0) is 14.5. The lowest BCUT2D eigenvalue weighted by molar-refractivity contribution is 0.0457. The number of amides is 1. The molecule has 0 saturated carbocycles. The molecule has 0 heterocycles. The third kappa shape index (κ3) is 3.86. The SMILES string of the molecule is CCC(O)(CC)CNc1ccc(C(=O)NC)cc1N. The monoisotopic (exact) mass is 265 g/mol. The van der Waals surface area contributed by atoms with Gasteiger partial charge < -0.3 is 21.5 Å². The van der Waals surface area contributed by atoms with Gasteiger partial charge in [0.05, 0.1) is 17.0 Å². The van der Waals surface area contributed by atoms with E-state index in [1.165, 1.54) is 0 Å². The Balaban J connectivity index is 2.78. The fourth-order valence-corrected chi connectivity index (χ4v) is 1.77. The molecular weight excluding hydrogens is 242 g/mol. The van der Waals surface area contributed by atoms with E-state index in [2.05, 4.69) is 10.6 Å². The molecule has 1 amide bonds. The first-order valence-electron chi connectivity index (χ1n) is 6.53. The minimum atomic E-state index is -0.730. The van der Waals surface area contributed by atoms with Crippen molar-refractivity contribution in [3.05, 3.63) is 23.8 Å². The molecule has 0 aromatic heterocycles. The van der Waals surface area contributed by atoms with Crippen molar-refractivity contribution < 1.29 is 9.90 Å². The molecule has 0 saturated heterocycles. The quantitative estimate of drug-likeness (QED) is 0.588. The smallest absolute Gasteiger partial charge is 0.251 e. The van der Waals surface area contributed by atoms with E-state index in [1.807, 2.05) is 13.8 Å². The molecule has 19 heavy (non-hydrogen) atoms. The number of aliphatic hydroxyl groups is 1. The highest BCUT2D eigenvalue weighted by Gasteiger charge is 2.21. The number of nitrogen functional groups attached to an aromatic ring is 1. The third-order valence-electron chi connectivity index (χ3n) is 3.46. The van der Waals surface area contributed by atoms with Crippen LogP contribution < -0.4 is 16.4 Å². The van der Waals surface area contributed by atoms with Crippen LogP contribution in [0, 0.1) is 0 Å². The van der Waals surface area contributed by atoms with Gasteiger partial charge in [0.2, 0.25) is 0 Å². The molecule has 5 N–H and O–H groups in total. The first kappa shape index (κ1) is 15.3. The molecule has 0 unspecified atom stereocenters. The molecule has 106 valence electrons. The van der Waals surface area contributed by atoms with E-state index in [9.17, 15) is 9.90 Å². The van der Waals surface area contributed by atoms with E-state index in [4.69, 9.17) is 5.73 Å². The number of carbonyl (C=O) groups excluding carboxylic acids is 1. The number of hydrogen-bond donors (Lipinski definition) is 4. The summed E-state index contributed by atoms with van der Waals surface area (Å²) in [5.74, 6) is -0.170. The Morgan fingerprint density at radius 1 is 1.37 bits per heavy atom. The van der Waals surface area contributed by atoms with Crippen LogP contribution in [-0.2, 0) is 0 Å². The van der Waals surface area contributed by atoms with Crippen LogP contribution in [0.15, 0.2) is 18.2 Å². The molecule has 0 spiro atoms. The van der Waals surface area contributed by atoms with Gasteiger partial charge in [-0.2, -0.15) is 0 Å². The van der Waals surface area contributed by atoms with Gasteiger partial charge in [0.1, 0.15) is 0 Å². The standard InChI is InChI=1S/C14H23N3O2/c1-4-14(19,5-2)9-17-12-7-6-10(8-11(12)15)13(18)16-3/h6-8,17,19H,4-5,9,15H2,1-3H3,(H,16,18). The molecule has 0 radical (unpaired) electrons. The Labute approximate surface area is 114 Å². The number of nitrogens with one attached hydrogen (secondary N) is 2. The topological polar surface area (TPSA) is 87.4 Å². The Morgan fingerprint density at radius 3 is 2.47 bits per heavy atom. The second-order valence-corrected chi connectivity index (χ2v) is 4.67. The zero-order valence-electron chi connectivity index (χ0n) is 11.8. The van der Waals surface area contributed by atoms with Gasteiger partial charge in [-0.1, -0.05) is 13.8 Å². The molecule has 0 atom stereocenters. The van der Waals surface area contributed by atoms with Crippen LogP contribution in [0.3, 0.4) is 0 Å². The highest BCUT2D eigenvalue weighted by atomic mass is 16.3. The summed E-state index contributed by atoms with van der Waals surface area (Å²) in [7, 11) is 1.58. The largest absolute Gasteiger partial charge is 0.397 e. The highest BCUT2D eigenvalue weighted by molar-refractivity contribution is 5.95. The Morgan fingerprint density at radius 2 is 2.00 bits per heavy atom. The van der Waals surface area contributed by atoms with Gasteiger partial charge in [-0.3, -0.25) is 4.79 Å². The summed E-state index contributed by atoms with van der Waals surface area (Å²) in [6.45, 7) is 4.33. The summed E-state index contributed by atoms with van der Waals surface area (Å²) < 4.78 is 0. The van der Waals surface area contributed by atoms with Gasteiger partial charge >= 0.3 is 0 Å². The second kappa shape index (κ2) is 6.43. The van der Waals surface area contributed by atoms with Crippen LogP contribution in [0.25, 0.3) is 0 Å². The van der Waals surface area contributed by atoms with Crippen molar-refractivity contribution in [1.82, 2.24) is 5.32 Å². The number of rotatable bonds is 6. The number of anilines is 2. The van der Waals surface area contributed by atoms with Gasteiger partial charge in [0.25, 0.3) is 5.91 Å². The normalized spacial score (nSPS) is 11.2. The van der Waals surface area contributed by atoms with Crippen LogP contribution in [0.1, 0.15) is 37.0 Å². The lowest BCUT2D eigenvalue weighted by Crippen LogP contribution is -2.35. The van der Waals surface area contributed by atoms with E-state index < -0.39 is 5.60 Å². The first-order chi connectivity index (χ1) is 8.95. The molecule has 1 aromatic carbocycles. The molecule has 1 rings (SSSR count). The molecule has 0 aliphatic carbocycles. The highest BCUT2D eigenvalue weighted by Crippen LogP contribution is 2.22. The van der Waals surface area contributed by atoms with Crippen LogP contribution in [0.2, 0.25) is 0 Å². The Hall–Kier alpha value is -1.75. The van der Waals surface area contributed by atoms with Gasteiger partial charge in [-0.25, -0.2) is 0 Å². The number of nitrogens with two attached hydrogens (primary N) is 1. The molecule has 5 nitrogen and oxygen atoms in total. The second-order valence-electron chi connectivity index (χ2n) is 4.67. The van der Waals surface area contributed by atoms with Gasteiger partial charge in [0, 0.05) is 19.2 Å². The van der Waals surface area contributed by atoms with Gasteiger partial charge in [0.15, 0.2) is 0 Å². The number of hydrogen-bond acceptors (Lipinski definition) is 4. The average molecular weight is 265 g/mol. The van der Waals surface area contributed by atoms with Crippen molar-refractivity contribution in [1.29, 1.82) is 0 Å². The number of benzene rings is 1. The maximum atomic E-state index is 11.5. The number of carbonyl (C=O) groups is 1. The fraction of sp³-hybridized carbons (Fsp3) is 0.500.